The zero-order valence-corrected chi connectivity index (χ0v) is 14.3. The lowest BCUT2D eigenvalue weighted by Gasteiger charge is -2.14. The maximum Gasteiger partial charge on any atom is 0.233 e. The number of carbonyl (C=O) groups is 3. The highest BCUT2D eigenvalue weighted by atomic mass is 35.5. The second-order valence-corrected chi connectivity index (χ2v) is 6.75. The molecular weight excluding hydrogens is 351 g/mol. The molecule has 5 nitrogen and oxygen atoms in total. The van der Waals surface area contributed by atoms with E-state index in [1.54, 1.807) is 18.2 Å². The average Bonchev–Trinajstić information content (AvgIpc) is 2.81. The predicted octanol–water partition coefficient (Wildman–Crippen LogP) is 3.27. The largest absolute Gasteiger partial charge is 0.325 e. The Morgan fingerprint density at radius 2 is 1.75 bits per heavy atom. The van der Waals surface area contributed by atoms with Gasteiger partial charge in [0.15, 0.2) is 0 Å². The first-order valence-electron chi connectivity index (χ1n) is 7.72. The molecule has 1 aromatic carbocycles. The Hall–Kier alpha value is -1.85. The van der Waals surface area contributed by atoms with Gasteiger partial charge in [0.1, 0.15) is 0 Å². The van der Waals surface area contributed by atoms with Crippen LogP contribution in [0.25, 0.3) is 0 Å². The summed E-state index contributed by atoms with van der Waals surface area (Å²) in [5.74, 6) is -1.22. The number of allylic oxidation sites excluding steroid dienone is 2. The molecule has 1 aromatic rings. The minimum atomic E-state index is -0.326. The topological polar surface area (TPSA) is 66.5 Å². The van der Waals surface area contributed by atoms with Crippen LogP contribution in [0.1, 0.15) is 19.3 Å². The molecule has 0 radical (unpaired) electrons. The van der Waals surface area contributed by atoms with Crippen molar-refractivity contribution in [3.63, 3.8) is 0 Å². The molecule has 1 N–H and O–H groups in total. The van der Waals surface area contributed by atoms with Gasteiger partial charge in [0.25, 0.3) is 0 Å². The van der Waals surface area contributed by atoms with Gasteiger partial charge >= 0.3 is 0 Å². The first-order chi connectivity index (χ1) is 11.5. The summed E-state index contributed by atoms with van der Waals surface area (Å²) in [4.78, 5) is 37.9. The number of nitrogens with one attached hydrogen (secondary N) is 1. The normalized spacial score (nSPS) is 22.7. The molecule has 1 aliphatic heterocycles. The van der Waals surface area contributed by atoms with Crippen molar-refractivity contribution in [3.8, 4) is 0 Å². The Morgan fingerprint density at radius 3 is 2.38 bits per heavy atom. The van der Waals surface area contributed by atoms with E-state index in [1.807, 2.05) is 12.2 Å². The number of rotatable bonds is 4. The number of fused-ring (bicyclic) bond motifs is 1. The molecule has 126 valence electrons. The molecule has 1 aliphatic carbocycles. The van der Waals surface area contributed by atoms with Crippen LogP contribution in [-0.2, 0) is 14.4 Å². The molecule has 0 unspecified atom stereocenters. The summed E-state index contributed by atoms with van der Waals surface area (Å²) in [6.45, 7) is 0.0781. The molecule has 7 heteroatoms. The fourth-order valence-corrected chi connectivity index (χ4v) is 3.45. The van der Waals surface area contributed by atoms with Crippen molar-refractivity contribution in [2.75, 3.05) is 11.9 Å². The number of hydrogen-bond donors (Lipinski definition) is 1. The van der Waals surface area contributed by atoms with Crippen molar-refractivity contribution < 1.29 is 14.4 Å². The van der Waals surface area contributed by atoms with Gasteiger partial charge in [-0.1, -0.05) is 35.4 Å². The molecule has 1 saturated heterocycles. The molecule has 3 rings (SSSR count). The molecule has 0 aromatic heterocycles. The van der Waals surface area contributed by atoms with Crippen LogP contribution in [0.4, 0.5) is 5.69 Å². The monoisotopic (exact) mass is 366 g/mol. The van der Waals surface area contributed by atoms with Crippen LogP contribution in [0, 0.1) is 11.8 Å². The van der Waals surface area contributed by atoms with Gasteiger partial charge in [0.2, 0.25) is 17.7 Å². The fourth-order valence-electron chi connectivity index (χ4n) is 3.11. The molecule has 0 saturated carbocycles. The number of anilines is 1. The van der Waals surface area contributed by atoms with Crippen LogP contribution in [0.5, 0.6) is 0 Å². The number of carbonyl (C=O) groups excluding carboxylic acids is 3. The quantitative estimate of drug-likeness (QED) is 0.656. The first-order valence-corrected chi connectivity index (χ1v) is 8.48. The number of benzene rings is 1. The highest BCUT2D eigenvalue weighted by Crippen LogP contribution is 2.35. The number of imide groups is 1. The highest BCUT2D eigenvalue weighted by Gasteiger charge is 2.46. The fraction of sp³-hybridized carbons (Fsp3) is 0.353. The Morgan fingerprint density at radius 1 is 1.12 bits per heavy atom. The van der Waals surface area contributed by atoms with Crippen molar-refractivity contribution in [2.45, 2.75) is 19.3 Å². The van der Waals surface area contributed by atoms with Gasteiger partial charge in [0, 0.05) is 18.0 Å². The molecule has 24 heavy (non-hydrogen) atoms. The van der Waals surface area contributed by atoms with E-state index in [0.29, 0.717) is 28.6 Å². The molecule has 2 aliphatic rings. The number of halogens is 2. The average molecular weight is 367 g/mol. The Balaban J connectivity index is 1.59. The van der Waals surface area contributed by atoms with Crippen LogP contribution < -0.4 is 5.32 Å². The van der Waals surface area contributed by atoms with E-state index in [-0.39, 0.29) is 42.5 Å². The standard InChI is InChI=1S/C17H16Cl2N2O3/c18-10-5-6-13(19)14(9-10)20-15(22)7-8-21-16(23)11-3-1-2-4-12(11)17(21)24/h1-2,5-6,9,11-12H,3-4,7-8H2,(H,20,22)/t11-,12-/m0/s1. The Labute approximate surface area is 149 Å². The van der Waals surface area contributed by atoms with Gasteiger partial charge in [0.05, 0.1) is 22.5 Å². The van der Waals surface area contributed by atoms with Gasteiger partial charge in [-0.2, -0.15) is 0 Å². The third-order valence-electron chi connectivity index (χ3n) is 4.36. The molecule has 1 heterocycles. The minimum Gasteiger partial charge on any atom is -0.325 e. The van der Waals surface area contributed by atoms with Crippen molar-refractivity contribution in [1.82, 2.24) is 4.90 Å². The molecular formula is C17H16Cl2N2O3. The minimum absolute atomic E-state index is 0.0210. The molecule has 1 fully saturated rings. The van der Waals surface area contributed by atoms with E-state index < -0.39 is 0 Å². The SMILES string of the molecule is O=C(CCN1C(=O)[C@H]2CC=CC[C@@H]2C1=O)Nc1cc(Cl)ccc1Cl. The summed E-state index contributed by atoms with van der Waals surface area (Å²) >= 11 is 11.9. The van der Waals surface area contributed by atoms with Gasteiger partial charge in [-0.3, -0.25) is 19.3 Å². The van der Waals surface area contributed by atoms with Crippen LogP contribution in [-0.4, -0.2) is 29.2 Å². The first kappa shape index (κ1) is 17.0. The van der Waals surface area contributed by atoms with Crippen molar-refractivity contribution in [1.29, 1.82) is 0 Å². The van der Waals surface area contributed by atoms with E-state index in [0.717, 1.165) is 0 Å². The van der Waals surface area contributed by atoms with Gasteiger partial charge in [-0.25, -0.2) is 0 Å². The van der Waals surface area contributed by atoms with Gasteiger partial charge < -0.3 is 5.32 Å². The molecule has 2 atom stereocenters. The third kappa shape index (κ3) is 3.32. The smallest absolute Gasteiger partial charge is 0.233 e. The molecule has 0 bridgehead atoms. The number of amides is 3. The Bertz CT molecular complexity index is 707. The lowest BCUT2D eigenvalue weighted by atomic mass is 9.85. The van der Waals surface area contributed by atoms with E-state index in [1.165, 1.54) is 4.90 Å². The highest BCUT2D eigenvalue weighted by molar-refractivity contribution is 6.35. The van der Waals surface area contributed by atoms with Crippen LogP contribution >= 0.6 is 23.2 Å². The van der Waals surface area contributed by atoms with Crippen molar-refractivity contribution >= 4 is 46.6 Å². The predicted molar refractivity (Wildman–Crippen MR) is 91.8 cm³/mol. The number of hydrogen-bond acceptors (Lipinski definition) is 3. The zero-order valence-electron chi connectivity index (χ0n) is 12.8. The Kier molecular flexibility index (Phi) is 4.92. The second kappa shape index (κ2) is 6.95. The van der Waals surface area contributed by atoms with E-state index >= 15 is 0 Å². The number of likely N-dealkylation sites (tertiary alicyclic amines) is 1. The van der Waals surface area contributed by atoms with Crippen molar-refractivity contribution in [3.05, 3.63) is 40.4 Å². The lowest BCUT2D eigenvalue weighted by Crippen LogP contribution is -2.34. The molecule has 0 spiro atoms. The summed E-state index contributed by atoms with van der Waals surface area (Å²) in [5, 5.41) is 3.48. The lowest BCUT2D eigenvalue weighted by molar-refractivity contribution is -0.140. The summed E-state index contributed by atoms with van der Waals surface area (Å²) in [6.07, 6.45) is 5.08. The summed E-state index contributed by atoms with van der Waals surface area (Å²) in [5.41, 5.74) is 0.408. The zero-order chi connectivity index (χ0) is 17.3. The van der Waals surface area contributed by atoms with Crippen LogP contribution in [0.3, 0.4) is 0 Å². The van der Waals surface area contributed by atoms with Gasteiger partial charge in [-0.15, -0.1) is 0 Å². The summed E-state index contributed by atoms with van der Waals surface area (Å²) < 4.78 is 0. The van der Waals surface area contributed by atoms with E-state index in [9.17, 15) is 14.4 Å². The second-order valence-electron chi connectivity index (χ2n) is 5.91. The maximum atomic E-state index is 12.3. The number of nitrogens with zero attached hydrogens (tertiary/aromatic N) is 1. The summed E-state index contributed by atoms with van der Waals surface area (Å²) in [6, 6.07) is 4.76. The third-order valence-corrected chi connectivity index (χ3v) is 4.93. The van der Waals surface area contributed by atoms with Crippen molar-refractivity contribution in [2.24, 2.45) is 11.8 Å². The van der Waals surface area contributed by atoms with Crippen LogP contribution in [0.15, 0.2) is 30.4 Å². The summed E-state index contributed by atoms with van der Waals surface area (Å²) in [7, 11) is 0. The molecule has 3 amide bonds. The van der Waals surface area contributed by atoms with Gasteiger partial charge in [-0.05, 0) is 31.0 Å². The maximum absolute atomic E-state index is 12.3. The van der Waals surface area contributed by atoms with E-state index in [2.05, 4.69) is 5.32 Å². The van der Waals surface area contributed by atoms with Crippen LogP contribution in [0.2, 0.25) is 10.0 Å². The van der Waals surface area contributed by atoms with E-state index in [4.69, 9.17) is 23.2 Å².